The lowest BCUT2D eigenvalue weighted by Crippen LogP contribution is -2.10. The summed E-state index contributed by atoms with van der Waals surface area (Å²) in [6, 6.07) is 8.55. The maximum atomic E-state index is 11.8. The summed E-state index contributed by atoms with van der Waals surface area (Å²) in [5.74, 6) is 0.904. The van der Waals surface area contributed by atoms with Crippen LogP contribution < -0.4 is 9.47 Å². The van der Waals surface area contributed by atoms with Gasteiger partial charge in [0.05, 0.1) is 11.1 Å². The van der Waals surface area contributed by atoms with Gasteiger partial charge in [-0.1, -0.05) is 23.2 Å². The van der Waals surface area contributed by atoms with Crippen LogP contribution in [0.3, 0.4) is 0 Å². The molecule has 0 aliphatic heterocycles. The summed E-state index contributed by atoms with van der Waals surface area (Å²) in [5, 5.41) is 1.32. The summed E-state index contributed by atoms with van der Waals surface area (Å²) in [6.45, 7) is 4.27. The highest BCUT2D eigenvalue weighted by molar-refractivity contribution is 9.10. The van der Waals surface area contributed by atoms with Gasteiger partial charge in [0.2, 0.25) is 0 Å². The number of ether oxygens (including phenoxy) is 2. The number of benzene rings is 2. The SMILES string of the molecule is Cc1cc(OCCCC(=O)Oc2ccc(Cl)cc2)c(Br)c(C)c1Cl. The number of hydrogen-bond acceptors (Lipinski definition) is 3. The molecule has 128 valence electrons. The van der Waals surface area contributed by atoms with Crippen molar-refractivity contribution in [2.24, 2.45) is 0 Å². The van der Waals surface area contributed by atoms with Gasteiger partial charge in [-0.15, -0.1) is 0 Å². The van der Waals surface area contributed by atoms with Gasteiger partial charge >= 0.3 is 5.97 Å². The molecular formula is C18H17BrCl2O3. The van der Waals surface area contributed by atoms with E-state index in [4.69, 9.17) is 32.7 Å². The standard InChI is InChI=1S/C18H17BrCl2O3/c1-11-10-15(17(19)12(2)18(11)21)23-9-3-4-16(22)24-14-7-5-13(20)6-8-14/h5-8,10H,3-4,9H2,1-2H3. The first-order chi connectivity index (χ1) is 11.4. The fourth-order valence-corrected chi connectivity index (χ4v) is 2.91. The third-order valence-corrected chi connectivity index (χ3v) is 5.22. The minimum Gasteiger partial charge on any atom is -0.492 e. The van der Waals surface area contributed by atoms with Crippen molar-refractivity contribution in [1.82, 2.24) is 0 Å². The van der Waals surface area contributed by atoms with E-state index in [1.165, 1.54) is 0 Å². The predicted molar refractivity (Wildman–Crippen MR) is 100 cm³/mol. The summed E-state index contributed by atoms with van der Waals surface area (Å²) in [5.41, 5.74) is 1.89. The first-order valence-corrected chi connectivity index (χ1v) is 8.97. The Hall–Kier alpha value is -1.23. The zero-order valence-electron chi connectivity index (χ0n) is 13.4. The maximum absolute atomic E-state index is 11.8. The first-order valence-electron chi connectivity index (χ1n) is 7.42. The maximum Gasteiger partial charge on any atom is 0.311 e. The Balaban J connectivity index is 1.81. The molecule has 0 fully saturated rings. The Morgan fingerprint density at radius 2 is 1.83 bits per heavy atom. The third kappa shape index (κ3) is 5.13. The van der Waals surface area contributed by atoms with Crippen LogP contribution in [0.4, 0.5) is 0 Å². The van der Waals surface area contributed by atoms with Gasteiger partial charge in [0, 0.05) is 16.5 Å². The van der Waals surface area contributed by atoms with Crippen LogP contribution >= 0.6 is 39.1 Å². The largest absolute Gasteiger partial charge is 0.492 e. The summed E-state index contributed by atoms with van der Waals surface area (Å²) < 4.78 is 11.8. The smallest absolute Gasteiger partial charge is 0.311 e. The molecule has 0 aliphatic carbocycles. The second-order valence-electron chi connectivity index (χ2n) is 5.32. The lowest BCUT2D eigenvalue weighted by Gasteiger charge is -2.13. The van der Waals surface area contributed by atoms with Crippen molar-refractivity contribution in [3.05, 3.63) is 56.0 Å². The number of esters is 1. The van der Waals surface area contributed by atoms with Crippen LogP contribution in [0.15, 0.2) is 34.8 Å². The highest BCUT2D eigenvalue weighted by Crippen LogP contribution is 2.35. The first kappa shape index (κ1) is 19.1. The van der Waals surface area contributed by atoms with E-state index in [1.54, 1.807) is 24.3 Å². The quantitative estimate of drug-likeness (QED) is 0.313. The zero-order chi connectivity index (χ0) is 17.7. The van der Waals surface area contributed by atoms with E-state index in [0.717, 1.165) is 26.4 Å². The Bertz CT molecular complexity index is 730. The molecule has 0 unspecified atom stereocenters. The molecule has 2 aromatic carbocycles. The molecule has 0 aromatic heterocycles. The van der Waals surface area contributed by atoms with Crippen LogP contribution in [-0.4, -0.2) is 12.6 Å². The van der Waals surface area contributed by atoms with Crippen LogP contribution in [0.25, 0.3) is 0 Å². The average molecular weight is 432 g/mol. The number of hydrogen-bond donors (Lipinski definition) is 0. The Morgan fingerprint density at radius 1 is 1.17 bits per heavy atom. The fourth-order valence-electron chi connectivity index (χ4n) is 2.09. The molecule has 0 N–H and O–H groups in total. The van der Waals surface area contributed by atoms with Gasteiger partial charge in [-0.2, -0.15) is 0 Å². The van der Waals surface area contributed by atoms with Gasteiger partial charge in [-0.25, -0.2) is 0 Å². The molecule has 3 nitrogen and oxygen atoms in total. The van der Waals surface area contributed by atoms with Crippen molar-refractivity contribution in [2.75, 3.05) is 6.61 Å². The second-order valence-corrected chi connectivity index (χ2v) is 6.93. The van der Waals surface area contributed by atoms with E-state index >= 15 is 0 Å². The van der Waals surface area contributed by atoms with Crippen molar-refractivity contribution in [3.8, 4) is 11.5 Å². The van der Waals surface area contributed by atoms with E-state index in [1.807, 2.05) is 19.9 Å². The summed E-state index contributed by atoms with van der Waals surface area (Å²) >= 11 is 15.5. The summed E-state index contributed by atoms with van der Waals surface area (Å²) in [4.78, 5) is 11.8. The minimum atomic E-state index is -0.302. The molecule has 0 amide bonds. The second kappa shape index (κ2) is 8.75. The van der Waals surface area contributed by atoms with Gasteiger partial charge in [0.1, 0.15) is 11.5 Å². The van der Waals surface area contributed by atoms with Gasteiger partial charge in [0.15, 0.2) is 0 Å². The Labute approximate surface area is 160 Å². The van der Waals surface area contributed by atoms with Crippen molar-refractivity contribution in [2.45, 2.75) is 26.7 Å². The molecule has 0 spiro atoms. The van der Waals surface area contributed by atoms with Crippen molar-refractivity contribution in [3.63, 3.8) is 0 Å². The molecule has 6 heteroatoms. The third-order valence-electron chi connectivity index (χ3n) is 3.40. The molecule has 0 radical (unpaired) electrons. The van der Waals surface area contributed by atoms with Crippen LogP contribution in [0.2, 0.25) is 10.0 Å². The van der Waals surface area contributed by atoms with Crippen LogP contribution in [0.5, 0.6) is 11.5 Å². The van der Waals surface area contributed by atoms with E-state index in [2.05, 4.69) is 15.9 Å². The van der Waals surface area contributed by atoms with Gasteiger partial charge in [-0.3, -0.25) is 4.79 Å². The van der Waals surface area contributed by atoms with E-state index in [9.17, 15) is 4.79 Å². The zero-order valence-corrected chi connectivity index (χ0v) is 16.5. The number of aryl methyl sites for hydroxylation is 1. The van der Waals surface area contributed by atoms with E-state index in [-0.39, 0.29) is 12.4 Å². The molecule has 0 bridgehead atoms. The molecule has 2 aromatic rings. The lowest BCUT2D eigenvalue weighted by molar-refractivity contribution is -0.134. The van der Waals surface area contributed by atoms with Crippen LogP contribution in [0.1, 0.15) is 24.0 Å². The molecule has 0 atom stereocenters. The molecule has 0 saturated heterocycles. The predicted octanol–water partition coefficient (Wildman–Crippen LogP) is 6.14. The lowest BCUT2D eigenvalue weighted by atomic mass is 10.1. The highest BCUT2D eigenvalue weighted by atomic mass is 79.9. The summed E-state index contributed by atoms with van der Waals surface area (Å²) in [6.07, 6.45) is 0.825. The number of carbonyl (C=O) groups excluding carboxylic acids is 1. The number of carbonyl (C=O) groups is 1. The number of rotatable bonds is 6. The molecule has 2 rings (SSSR count). The summed E-state index contributed by atoms with van der Waals surface area (Å²) in [7, 11) is 0. The monoisotopic (exact) mass is 430 g/mol. The fraction of sp³-hybridized carbons (Fsp3) is 0.278. The molecule has 0 saturated carbocycles. The Morgan fingerprint density at radius 3 is 2.50 bits per heavy atom. The molecule has 24 heavy (non-hydrogen) atoms. The molecule has 0 aliphatic rings. The van der Waals surface area contributed by atoms with Crippen LogP contribution in [-0.2, 0) is 4.79 Å². The Kier molecular flexibility index (Phi) is 6.96. The van der Waals surface area contributed by atoms with Crippen LogP contribution in [0, 0.1) is 13.8 Å². The minimum absolute atomic E-state index is 0.270. The van der Waals surface area contributed by atoms with Gasteiger partial charge < -0.3 is 9.47 Å². The highest BCUT2D eigenvalue weighted by Gasteiger charge is 2.11. The van der Waals surface area contributed by atoms with E-state index < -0.39 is 0 Å². The van der Waals surface area contributed by atoms with Gasteiger partial charge in [0.25, 0.3) is 0 Å². The van der Waals surface area contributed by atoms with E-state index in [0.29, 0.717) is 23.8 Å². The normalized spacial score (nSPS) is 10.5. The number of halogens is 3. The van der Waals surface area contributed by atoms with Crippen molar-refractivity contribution in [1.29, 1.82) is 0 Å². The van der Waals surface area contributed by atoms with Crippen molar-refractivity contribution >= 4 is 45.1 Å². The van der Waals surface area contributed by atoms with Gasteiger partial charge in [-0.05, 0) is 77.7 Å². The molecule has 0 heterocycles. The topological polar surface area (TPSA) is 35.5 Å². The molecular weight excluding hydrogens is 415 g/mol. The van der Waals surface area contributed by atoms with Crippen molar-refractivity contribution < 1.29 is 14.3 Å². The average Bonchev–Trinajstić information content (AvgIpc) is 2.56.